The van der Waals surface area contributed by atoms with Gasteiger partial charge in [-0.1, -0.05) is 0 Å². The summed E-state index contributed by atoms with van der Waals surface area (Å²) < 4.78 is 13.4. The van der Waals surface area contributed by atoms with Crippen molar-refractivity contribution < 1.29 is 14.3 Å². The fraction of sp³-hybridized carbons (Fsp3) is 0.444. The lowest BCUT2D eigenvalue weighted by Crippen LogP contribution is -2.36. The van der Waals surface area contributed by atoms with E-state index in [4.69, 9.17) is 9.47 Å². The van der Waals surface area contributed by atoms with E-state index >= 15 is 0 Å². The molecule has 0 saturated heterocycles. The first-order chi connectivity index (χ1) is 12.2. The monoisotopic (exact) mass is 344 g/mol. The number of fused-ring (bicyclic) bond motifs is 1. The van der Waals surface area contributed by atoms with Crippen LogP contribution in [0, 0.1) is 0 Å². The maximum atomic E-state index is 12.0. The minimum atomic E-state index is -0.211. The van der Waals surface area contributed by atoms with Gasteiger partial charge in [-0.25, -0.2) is 9.78 Å². The fourth-order valence-corrected chi connectivity index (χ4v) is 2.87. The van der Waals surface area contributed by atoms with E-state index in [0.29, 0.717) is 26.2 Å². The molecule has 1 aromatic heterocycles. The van der Waals surface area contributed by atoms with Crippen LogP contribution in [-0.4, -0.2) is 34.8 Å². The third-order valence-corrected chi connectivity index (χ3v) is 4.03. The molecule has 1 aliphatic heterocycles. The van der Waals surface area contributed by atoms with Gasteiger partial charge in [0.25, 0.3) is 0 Å². The van der Waals surface area contributed by atoms with Crippen molar-refractivity contribution >= 4 is 6.03 Å². The molecule has 2 N–H and O–H groups in total. The number of benzene rings is 1. The number of carbonyl (C=O) groups is 1. The SMILES string of the molecule is CCOc1cc2c(cc1CNC(=O)NCCn1ccnc1)O[C@@H](C)C2. The van der Waals surface area contributed by atoms with Crippen LogP contribution in [0.25, 0.3) is 0 Å². The lowest BCUT2D eigenvalue weighted by atomic mass is 10.1. The van der Waals surface area contributed by atoms with Gasteiger partial charge in [-0.3, -0.25) is 0 Å². The van der Waals surface area contributed by atoms with Crippen LogP contribution in [0.15, 0.2) is 30.9 Å². The van der Waals surface area contributed by atoms with E-state index in [-0.39, 0.29) is 12.1 Å². The van der Waals surface area contributed by atoms with Gasteiger partial charge in [-0.2, -0.15) is 0 Å². The number of rotatable bonds is 7. The number of carbonyl (C=O) groups excluding carboxylic acids is 1. The molecule has 1 aliphatic rings. The third-order valence-electron chi connectivity index (χ3n) is 4.03. The molecule has 7 heteroatoms. The Bertz CT molecular complexity index is 715. The van der Waals surface area contributed by atoms with Crippen molar-refractivity contribution in [2.45, 2.75) is 39.5 Å². The van der Waals surface area contributed by atoms with Crippen molar-refractivity contribution in [1.82, 2.24) is 20.2 Å². The average Bonchev–Trinajstić information content (AvgIpc) is 3.21. The molecule has 2 aromatic rings. The maximum absolute atomic E-state index is 12.0. The summed E-state index contributed by atoms with van der Waals surface area (Å²) in [4.78, 5) is 15.9. The van der Waals surface area contributed by atoms with E-state index in [2.05, 4.69) is 15.6 Å². The van der Waals surface area contributed by atoms with Gasteiger partial charge in [0, 0.05) is 49.6 Å². The Morgan fingerprint density at radius 3 is 3.08 bits per heavy atom. The average molecular weight is 344 g/mol. The van der Waals surface area contributed by atoms with Gasteiger partial charge < -0.3 is 24.7 Å². The van der Waals surface area contributed by atoms with Gasteiger partial charge in [0.05, 0.1) is 12.9 Å². The van der Waals surface area contributed by atoms with Crippen LogP contribution in [0.2, 0.25) is 0 Å². The highest BCUT2D eigenvalue weighted by molar-refractivity contribution is 5.73. The Hall–Kier alpha value is -2.70. The van der Waals surface area contributed by atoms with Gasteiger partial charge in [0.15, 0.2) is 0 Å². The number of hydrogen-bond acceptors (Lipinski definition) is 4. The second kappa shape index (κ2) is 7.92. The first-order valence-corrected chi connectivity index (χ1v) is 8.58. The van der Waals surface area contributed by atoms with E-state index < -0.39 is 0 Å². The molecule has 0 aliphatic carbocycles. The second-order valence-corrected chi connectivity index (χ2v) is 6.04. The largest absolute Gasteiger partial charge is 0.494 e. The predicted octanol–water partition coefficient (Wildman–Crippen LogP) is 2.10. The van der Waals surface area contributed by atoms with Crippen LogP contribution in [0.5, 0.6) is 11.5 Å². The molecule has 2 heterocycles. The quantitative estimate of drug-likeness (QED) is 0.806. The number of amides is 2. The molecule has 0 unspecified atom stereocenters. The van der Waals surface area contributed by atoms with Crippen LogP contribution in [-0.2, 0) is 19.5 Å². The van der Waals surface area contributed by atoms with Gasteiger partial charge in [-0.15, -0.1) is 0 Å². The van der Waals surface area contributed by atoms with Gasteiger partial charge >= 0.3 is 6.03 Å². The number of ether oxygens (including phenoxy) is 2. The Balaban J connectivity index is 1.54. The number of urea groups is 1. The Morgan fingerprint density at radius 2 is 2.32 bits per heavy atom. The zero-order chi connectivity index (χ0) is 17.6. The van der Waals surface area contributed by atoms with Crippen molar-refractivity contribution in [2.24, 2.45) is 0 Å². The van der Waals surface area contributed by atoms with Crippen LogP contribution in [0.3, 0.4) is 0 Å². The number of nitrogens with zero attached hydrogens (tertiary/aromatic N) is 2. The van der Waals surface area contributed by atoms with E-state index in [0.717, 1.165) is 29.0 Å². The van der Waals surface area contributed by atoms with E-state index in [1.807, 2.05) is 36.7 Å². The number of imidazole rings is 1. The second-order valence-electron chi connectivity index (χ2n) is 6.04. The maximum Gasteiger partial charge on any atom is 0.315 e. The fourth-order valence-electron chi connectivity index (χ4n) is 2.87. The molecule has 2 amide bonds. The topological polar surface area (TPSA) is 77.4 Å². The Labute approximate surface area is 147 Å². The van der Waals surface area contributed by atoms with Crippen molar-refractivity contribution in [3.05, 3.63) is 42.0 Å². The van der Waals surface area contributed by atoms with Crippen LogP contribution in [0.4, 0.5) is 4.79 Å². The lowest BCUT2D eigenvalue weighted by Gasteiger charge is -2.14. The summed E-state index contributed by atoms with van der Waals surface area (Å²) >= 11 is 0. The molecule has 1 atom stereocenters. The van der Waals surface area contributed by atoms with Crippen molar-refractivity contribution in [3.8, 4) is 11.5 Å². The lowest BCUT2D eigenvalue weighted by molar-refractivity contribution is 0.239. The van der Waals surface area contributed by atoms with Crippen molar-refractivity contribution in [2.75, 3.05) is 13.2 Å². The summed E-state index contributed by atoms with van der Waals surface area (Å²) in [6.45, 7) is 6.18. The normalized spacial score (nSPS) is 15.4. The molecule has 0 bridgehead atoms. The molecule has 0 fully saturated rings. The minimum absolute atomic E-state index is 0.180. The molecule has 1 aromatic carbocycles. The highest BCUT2D eigenvalue weighted by atomic mass is 16.5. The molecule has 134 valence electrons. The summed E-state index contributed by atoms with van der Waals surface area (Å²) in [7, 11) is 0. The summed E-state index contributed by atoms with van der Waals surface area (Å²) in [6.07, 6.45) is 6.36. The van der Waals surface area contributed by atoms with Crippen molar-refractivity contribution in [3.63, 3.8) is 0 Å². The summed E-state index contributed by atoms with van der Waals surface area (Å²) in [6, 6.07) is 3.78. The van der Waals surface area contributed by atoms with Gasteiger partial charge in [0.2, 0.25) is 0 Å². The standard InChI is InChI=1S/C18H24N4O3/c1-3-24-16-9-14-8-13(2)25-17(14)10-15(16)11-21-18(23)20-5-7-22-6-4-19-12-22/h4,6,9-10,12-13H,3,5,7-8,11H2,1-2H3,(H2,20,21,23)/t13-/m0/s1. The van der Waals surface area contributed by atoms with Gasteiger partial charge in [0.1, 0.15) is 17.6 Å². The van der Waals surface area contributed by atoms with Gasteiger partial charge in [-0.05, 0) is 26.0 Å². The van der Waals surface area contributed by atoms with E-state index in [1.165, 1.54) is 0 Å². The van der Waals surface area contributed by atoms with E-state index in [9.17, 15) is 4.79 Å². The zero-order valence-electron chi connectivity index (χ0n) is 14.6. The van der Waals surface area contributed by atoms with E-state index in [1.54, 1.807) is 12.5 Å². The molecule has 3 rings (SSSR count). The number of nitrogens with one attached hydrogen (secondary N) is 2. The van der Waals surface area contributed by atoms with Crippen molar-refractivity contribution in [1.29, 1.82) is 0 Å². The first kappa shape index (κ1) is 17.1. The molecule has 0 radical (unpaired) electrons. The third kappa shape index (κ3) is 4.43. The highest BCUT2D eigenvalue weighted by Crippen LogP contribution is 2.35. The van der Waals surface area contributed by atoms with Crippen LogP contribution >= 0.6 is 0 Å². The summed E-state index contributed by atoms with van der Waals surface area (Å²) in [5.74, 6) is 1.69. The molecular formula is C18H24N4O3. The first-order valence-electron chi connectivity index (χ1n) is 8.58. The molecular weight excluding hydrogens is 320 g/mol. The number of hydrogen-bond donors (Lipinski definition) is 2. The molecule has 7 nitrogen and oxygen atoms in total. The van der Waals surface area contributed by atoms with Crippen LogP contribution in [0.1, 0.15) is 25.0 Å². The highest BCUT2D eigenvalue weighted by Gasteiger charge is 2.22. The summed E-state index contributed by atoms with van der Waals surface area (Å²) in [5.41, 5.74) is 2.07. The smallest absolute Gasteiger partial charge is 0.315 e. The molecule has 0 saturated carbocycles. The molecule has 25 heavy (non-hydrogen) atoms. The Kier molecular flexibility index (Phi) is 5.42. The van der Waals surface area contributed by atoms with Crippen LogP contribution < -0.4 is 20.1 Å². The number of aromatic nitrogens is 2. The summed E-state index contributed by atoms with van der Waals surface area (Å²) in [5, 5.41) is 5.70. The molecule has 0 spiro atoms. The Morgan fingerprint density at radius 1 is 1.44 bits per heavy atom. The minimum Gasteiger partial charge on any atom is -0.494 e. The zero-order valence-corrected chi connectivity index (χ0v) is 14.6. The predicted molar refractivity (Wildman–Crippen MR) is 93.9 cm³/mol.